The number of benzene rings is 2. The van der Waals surface area contributed by atoms with Crippen molar-refractivity contribution in [1.29, 1.82) is 0 Å². The molecule has 3 nitrogen and oxygen atoms in total. The molecule has 0 bridgehead atoms. The number of hydrogen-bond acceptors (Lipinski definition) is 2. The van der Waals surface area contributed by atoms with Crippen molar-refractivity contribution in [2.75, 3.05) is 18.1 Å². The van der Waals surface area contributed by atoms with Gasteiger partial charge in [0.15, 0.2) is 6.23 Å². The van der Waals surface area contributed by atoms with Gasteiger partial charge in [-0.15, -0.1) is 0 Å². The zero-order valence-corrected chi connectivity index (χ0v) is 13.9. The monoisotopic (exact) mass is 318 g/mol. The highest BCUT2D eigenvalue weighted by Gasteiger charge is 2.27. The SMILES string of the molecule is CCc1ccc(N2CCO[C@@H]2c2ccn(-c3ccccc3)c2)cc1. The molecule has 24 heavy (non-hydrogen) atoms. The van der Waals surface area contributed by atoms with E-state index < -0.39 is 0 Å². The maximum absolute atomic E-state index is 6.02. The van der Waals surface area contributed by atoms with E-state index in [9.17, 15) is 0 Å². The lowest BCUT2D eigenvalue weighted by Gasteiger charge is -2.24. The van der Waals surface area contributed by atoms with Crippen LogP contribution in [0.4, 0.5) is 5.69 Å². The molecular weight excluding hydrogens is 296 g/mol. The number of nitrogens with zero attached hydrogens (tertiary/aromatic N) is 2. The second kappa shape index (κ2) is 6.54. The molecule has 1 fully saturated rings. The minimum absolute atomic E-state index is 0.0116. The Morgan fingerprint density at radius 2 is 1.75 bits per heavy atom. The minimum Gasteiger partial charge on any atom is -0.352 e. The van der Waals surface area contributed by atoms with Gasteiger partial charge in [0.05, 0.1) is 6.61 Å². The van der Waals surface area contributed by atoms with E-state index in [1.54, 1.807) is 0 Å². The van der Waals surface area contributed by atoms with Crippen LogP contribution in [0, 0.1) is 0 Å². The first-order chi connectivity index (χ1) is 11.8. The highest BCUT2D eigenvalue weighted by atomic mass is 16.5. The molecule has 2 heterocycles. The summed E-state index contributed by atoms with van der Waals surface area (Å²) in [7, 11) is 0. The third-order valence-electron chi connectivity index (χ3n) is 4.62. The van der Waals surface area contributed by atoms with Crippen molar-refractivity contribution in [2.45, 2.75) is 19.6 Å². The quantitative estimate of drug-likeness (QED) is 0.701. The first-order valence-electron chi connectivity index (χ1n) is 8.55. The standard InChI is InChI=1S/C21H22N2O/c1-2-17-8-10-20(11-9-17)23-14-15-24-21(23)18-12-13-22(16-18)19-6-4-3-5-7-19/h3-13,16,21H,2,14-15H2,1H3/t21-/m1/s1. The summed E-state index contributed by atoms with van der Waals surface area (Å²) in [6, 6.07) is 21.3. The molecule has 0 aliphatic carbocycles. The maximum atomic E-state index is 6.02. The predicted octanol–water partition coefficient (Wildman–Crippen LogP) is 4.58. The van der Waals surface area contributed by atoms with Gasteiger partial charge in [0.2, 0.25) is 0 Å². The van der Waals surface area contributed by atoms with Gasteiger partial charge in [-0.1, -0.05) is 37.3 Å². The largest absolute Gasteiger partial charge is 0.352 e. The summed E-state index contributed by atoms with van der Waals surface area (Å²) in [5, 5.41) is 0. The maximum Gasteiger partial charge on any atom is 0.158 e. The van der Waals surface area contributed by atoms with Crippen molar-refractivity contribution in [1.82, 2.24) is 4.57 Å². The molecule has 0 radical (unpaired) electrons. The van der Waals surface area contributed by atoms with Crippen LogP contribution in [0.2, 0.25) is 0 Å². The first-order valence-corrected chi connectivity index (χ1v) is 8.55. The van der Waals surface area contributed by atoms with Crippen molar-refractivity contribution in [3.8, 4) is 5.69 Å². The van der Waals surface area contributed by atoms with Crippen LogP contribution < -0.4 is 4.90 Å². The number of ether oxygens (including phenoxy) is 1. The van der Waals surface area contributed by atoms with Gasteiger partial charge in [0.25, 0.3) is 0 Å². The van der Waals surface area contributed by atoms with Gasteiger partial charge >= 0.3 is 0 Å². The van der Waals surface area contributed by atoms with Gasteiger partial charge in [-0.25, -0.2) is 0 Å². The second-order valence-corrected chi connectivity index (χ2v) is 6.12. The van der Waals surface area contributed by atoms with Crippen LogP contribution in [0.15, 0.2) is 73.1 Å². The summed E-state index contributed by atoms with van der Waals surface area (Å²) in [6.45, 7) is 3.87. The fourth-order valence-electron chi connectivity index (χ4n) is 3.25. The number of para-hydroxylation sites is 1. The lowest BCUT2D eigenvalue weighted by molar-refractivity contribution is 0.114. The predicted molar refractivity (Wildman–Crippen MR) is 97.6 cm³/mol. The number of anilines is 1. The number of aromatic nitrogens is 1. The summed E-state index contributed by atoms with van der Waals surface area (Å²) in [4.78, 5) is 2.34. The van der Waals surface area contributed by atoms with Crippen LogP contribution in [0.1, 0.15) is 24.3 Å². The van der Waals surface area contributed by atoms with E-state index in [1.165, 1.54) is 22.5 Å². The van der Waals surface area contributed by atoms with E-state index in [0.29, 0.717) is 0 Å². The minimum atomic E-state index is -0.0116. The Morgan fingerprint density at radius 3 is 2.50 bits per heavy atom. The summed E-state index contributed by atoms with van der Waals surface area (Å²) in [5.41, 5.74) is 4.95. The molecule has 0 saturated carbocycles. The molecule has 1 aromatic heterocycles. The van der Waals surface area contributed by atoms with Crippen molar-refractivity contribution in [3.05, 3.63) is 84.2 Å². The molecular formula is C21H22N2O. The third kappa shape index (κ3) is 2.83. The molecule has 3 heteroatoms. The Balaban J connectivity index is 1.60. The Morgan fingerprint density at radius 1 is 0.958 bits per heavy atom. The summed E-state index contributed by atoms with van der Waals surface area (Å²) in [6.07, 6.45) is 5.33. The van der Waals surface area contributed by atoms with Crippen LogP contribution in [0.5, 0.6) is 0 Å². The summed E-state index contributed by atoms with van der Waals surface area (Å²) >= 11 is 0. The summed E-state index contributed by atoms with van der Waals surface area (Å²) in [5.74, 6) is 0. The van der Waals surface area contributed by atoms with E-state index in [0.717, 1.165) is 19.6 Å². The molecule has 0 N–H and O–H groups in total. The molecule has 2 aromatic carbocycles. The lowest BCUT2D eigenvalue weighted by atomic mass is 10.1. The highest BCUT2D eigenvalue weighted by molar-refractivity contribution is 5.50. The van der Waals surface area contributed by atoms with Gasteiger partial charge in [-0.3, -0.25) is 0 Å². The van der Waals surface area contributed by atoms with Gasteiger partial charge < -0.3 is 14.2 Å². The molecule has 1 aliphatic rings. The molecule has 1 aliphatic heterocycles. The van der Waals surface area contributed by atoms with Crippen LogP contribution in [-0.2, 0) is 11.2 Å². The van der Waals surface area contributed by atoms with Crippen LogP contribution in [-0.4, -0.2) is 17.7 Å². The lowest BCUT2D eigenvalue weighted by Crippen LogP contribution is -2.22. The third-order valence-corrected chi connectivity index (χ3v) is 4.62. The van der Waals surface area contributed by atoms with Gasteiger partial charge in [0, 0.05) is 35.9 Å². The fraction of sp³-hybridized carbons (Fsp3) is 0.238. The number of hydrogen-bond donors (Lipinski definition) is 0. The normalized spacial score (nSPS) is 17.4. The van der Waals surface area contributed by atoms with Crippen molar-refractivity contribution >= 4 is 5.69 Å². The second-order valence-electron chi connectivity index (χ2n) is 6.12. The van der Waals surface area contributed by atoms with E-state index in [2.05, 4.69) is 83.4 Å². The fourth-order valence-corrected chi connectivity index (χ4v) is 3.25. The van der Waals surface area contributed by atoms with Gasteiger partial charge in [0.1, 0.15) is 0 Å². The van der Waals surface area contributed by atoms with Gasteiger partial charge in [-0.05, 0) is 42.3 Å². The van der Waals surface area contributed by atoms with Crippen LogP contribution >= 0.6 is 0 Å². The zero-order valence-electron chi connectivity index (χ0n) is 13.9. The van der Waals surface area contributed by atoms with E-state index >= 15 is 0 Å². The Kier molecular flexibility index (Phi) is 4.09. The van der Waals surface area contributed by atoms with E-state index in [-0.39, 0.29) is 6.23 Å². The molecule has 0 amide bonds. The Bertz CT molecular complexity index is 792. The highest BCUT2D eigenvalue weighted by Crippen LogP contribution is 2.32. The molecule has 0 spiro atoms. The average Bonchev–Trinajstić information content (AvgIpc) is 3.32. The van der Waals surface area contributed by atoms with Crippen LogP contribution in [0.3, 0.4) is 0 Å². The first kappa shape index (κ1) is 15.0. The van der Waals surface area contributed by atoms with Crippen molar-refractivity contribution in [3.63, 3.8) is 0 Å². The number of rotatable bonds is 4. The molecule has 4 rings (SSSR count). The molecule has 1 saturated heterocycles. The van der Waals surface area contributed by atoms with Gasteiger partial charge in [-0.2, -0.15) is 0 Å². The molecule has 122 valence electrons. The van der Waals surface area contributed by atoms with Crippen molar-refractivity contribution in [2.24, 2.45) is 0 Å². The number of aryl methyl sites for hydroxylation is 1. The van der Waals surface area contributed by atoms with E-state index in [1.807, 2.05) is 6.07 Å². The van der Waals surface area contributed by atoms with E-state index in [4.69, 9.17) is 4.74 Å². The Labute approximate surface area is 143 Å². The molecule has 1 atom stereocenters. The Hall–Kier alpha value is -2.52. The summed E-state index contributed by atoms with van der Waals surface area (Å²) < 4.78 is 8.17. The molecule has 3 aromatic rings. The average molecular weight is 318 g/mol. The molecule has 0 unspecified atom stereocenters. The van der Waals surface area contributed by atoms with Crippen molar-refractivity contribution < 1.29 is 4.74 Å². The zero-order chi connectivity index (χ0) is 16.4. The van der Waals surface area contributed by atoms with Crippen LogP contribution in [0.25, 0.3) is 5.69 Å². The topological polar surface area (TPSA) is 17.4 Å². The smallest absolute Gasteiger partial charge is 0.158 e.